The number of alkyl halides is 2. The van der Waals surface area contributed by atoms with Crippen LogP contribution in [0.1, 0.15) is 5.69 Å². The minimum absolute atomic E-state index is 0.0894. The molecule has 1 aromatic rings. The van der Waals surface area contributed by atoms with Crippen LogP contribution in [0, 0.1) is 10.1 Å². The molecule has 0 N–H and O–H groups in total. The van der Waals surface area contributed by atoms with Gasteiger partial charge in [0.2, 0.25) is 0 Å². The first-order valence-corrected chi connectivity index (χ1v) is 9.32. The summed E-state index contributed by atoms with van der Waals surface area (Å²) in [7, 11) is 1.41. The average Bonchev–Trinajstić information content (AvgIpc) is 2.85. The van der Waals surface area contributed by atoms with E-state index in [0.717, 1.165) is 0 Å². The SMILES string of the molecule is CN(C)P(=O)(OCc1cnc([N+](=O)[O-])n1C)N(CCCl)CCCl. The van der Waals surface area contributed by atoms with Crippen LogP contribution in [0.25, 0.3) is 0 Å². The normalized spacial score (nSPS) is 14.4. The van der Waals surface area contributed by atoms with Gasteiger partial charge in [-0.3, -0.25) is 9.09 Å². The van der Waals surface area contributed by atoms with Crippen molar-refractivity contribution < 1.29 is 14.0 Å². The van der Waals surface area contributed by atoms with Crippen molar-refractivity contribution in [2.75, 3.05) is 38.9 Å². The molecule has 0 saturated carbocycles. The van der Waals surface area contributed by atoms with E-state index in [2.05, 4.69) is 4.98 Å². The lowest BCUT2D eigenvalue weighted by Crippen LogP contribution is -2.32. The van der Waals surface area contributed by atoms with Crippen molar-refractivity contribution in [3.63, 3.8) is 0 Å². The van der Waals surface area contributed by atoms with E-state index in [0.29, 0.717) is 18.8 Å². The second-order valence-electron chi connectivity index (χ2n) is 4.81. The first kappa shape index (κ1) is 20.3. The molecule has 0 aliphatic heterocycles. The summed E-state index contributed by atoms with van der Waals surface area (Å²) in [5.74, 6) is 0.242. The van der Waals surface area contributed by atoms with E-state index in [1.54, 1.807) is 18.8 Å². The molecule has 0 bridgehead atoms. The summed E-state index contributed by atoms with van der Waals surface area (Å²) in [4.78, 5) is 13.9. The second kappa shape index (κ2) is 8.96. The Morgan fingerprint density at radius 2 is 1.96 bits per heavy atom. The second-order valence-corrected chi connectivity index (χ2v) is 8.17. The van der Waals surface area contributed by atoms with Crippen molar-refractivity contribution in [1.82, 2.24) is 18.9 Å². The minimum Gasteiger partial charge on any atom is -0.390 e. The molecule has 9 nitrogen and oxygen atoms in total. The van der Waals surface area contributed by atoms with Crippen LogP contribution in [0.5, 0.6) is 0 Å². The van der Waals surface area contributed by atoms with Gasteiger partial charge in [0.1, 0.15) is 18.5 Å². The van der Waals surface area contributed by atoms with Gasteiger partial charge < -0.3 is 10.1 Å². The van der Waals surface area contributed by atoms with E-state index in [9.17, 15) is 14.7 Å². The molecule has 0 radical (unpaired) electrons. The molecule has 1 unspecified atom stereocenters. The largest absolute Gasteiger partial charge is 0.434 e. The molecule has 0 spiro atoms. The predicted molar refractivity (Wildman–Crippen MR) is 89.0 cm³/mol. The van der Waals surface area contributed by atoms with Crippen LogP contribution in [0.15, 0.2) is 6.20 Å². The van der Waals surface area contributed by atoms with Crippen LogP contribution in [-0.4, -0.2) is 62.8 Å². The lowest BCUT2D eigenvalue weighted by molar-refractivity contribution is -0.396. The van der Waals surface area contributed by atoms with E-state index in [1.165, 1.54) is 22.5 Å². The van der Waals surface area contributed by atoms with E-state index < -0.39 is 12.6 Å². The number of hydrogen-bond acceptors (Lipinski definition) is 5. The van der Waals surface area contributed by atoms with E-state index >= 15 is 0 Å². The Bertz CT molecular complexity index is 577. The van der Waals surface area contributed by atoms with Crippen LogP contribution < -0.4 is 0 Å². The van der Waals surface area contributed by atoms with Gasteiger partial charge in [0.25, 0.3) is 0 Å². The van der Waals surface area contributed by atoms with Gasteiger partial charge in [0.05, 0.1) is 7.05 Å². The van der Waals surface area contributed by atoms with Crippen molar-refractivity contribution >= 4 is 36.8 Å². The summed E-state index contributed by atoms with van der Waals surface area (Å²) in [6.45, 7) is 0.596. The molecule has 0 aliphatic rings. The Balaban J connectivity index is 2.95. The highest BCUT2D eigenvalue weighted by atomic mass is 35.5. The van der Waals surface area contributed by atoms with Crippen molar-refractivity contribution in [3.05, 3.63) is 22.0 Å². The van der Waals surface area contributed by atoms with E-state index in [-0.39, 0.29) is 24.3 Å². The lowest BCUT2D eigenvalue weighted by atomic mass is 10.5. The van der Waals surface area contributed by atoms with Crippen LogP contribution >= 0.6 is 30.9 Å². The third-order valence-corrected chi connectivity index (χ3v) is 6.08. The van der Waals surface area contributed by atoms with Gasteiger partial charge in [0.15, 0.2) is 0 Å². The Labute approximate surface area is 144 Å². The summed E-state index contributed by atoms with van der Waals surface area (Å²) in [5, 5.41) is 10.8. The Morgan fingerprint density at radius 3 is 2.35 bits per heavy atom. The number of aromatic nitrogens is 2. The van der Waals surface area contributed by atoms with E-state index in [1.807, 2.05) is 0 Å². The van der Waals surface area contributed by atoms with Crippen molar-refractivity contribution in [3.8, 4) is 0 Å². The van der Waals surface area contributed by atoms with Gasteiger partial charge in [-0.2, -0.15) is 0 Å². The summed E-state index contributed by atoms with van der Waals surface area (Å²) in [6, 6.07) is 0. The highest BCUT2D eigenvalue weighted by molar-refractivity contribution is 7.53. The fraction of sp³-hybridized carbons (Fsp3) is 0.727. The zero-order valence-electron chi connectivity index (χ0n) is 13.2. The molecule has 0 aliphatic carbocycles. The maximum absolute atomic E-state index is 13.2. The van der Waals surface area contributed by atoms with Crippen molar-refractivity contribution in [1.29, 1.82) is 0 Å². The molecule has 23 heavy (non-hydrogen) atoms. The zero-order valence-corrected chi connectivity index (χ0v) is 15.6. The molecular formula is C11H20Cl2N5O4P. The number of imidazole rings is 1. The van der Waals surface area contributed by atoms with Crippen LogP contribution in [0.2, 0.25) is 0 Å². The molecule has 0 aromatic carbocycles. The van der Waals surface area contributed by atoms with Crippen LogP contribution in [0.4, 0.5) is 5.95 Å². The molecule has 1 rings (SSSR count). The summed E-state index contributed by atoms with van der Waals surface area (Å²) in [5.41, 5.74) is 0.440. The standard InChI is InChI=1S/C11H20Cl2N5O4P/c1-15(2)23(21,17(6-4-12)7-5-13)22-9-10-8-14-11(16(10)3)18(19)20/h8H,4-7,9H2,1-3H3. The third-order valence-electron chi connectivity index (χ3n) is 3.15. The lowest BCUT2D eigenvalue weighted by Gasteiger charge is -2.33. The molecule has 1 aromatic heterocycles. The van der Waals surface area contributed by atoms with Gasteiger partial charge >= 0.3 is 13.6 Å². The number of nitrogens with zero attached hydrogens (tertiary/aromatic N) is 5. The topological polar surface area (TPSA) is 93.7 Å². The molecule has 132 valence electrons. The molecule has 0 fully saturated rings. The Kier molecular flexibility index (Phi) is 7.93. The molecule has 0 saturated heterocycles. The monoisotopic (exact) mass is 387 g/mol. The molecule has 1 heterocycles. The average molecular weight is 388 g/mol. The Morgan fingerprint density at radius 1 is 1.39 bits per heavy atom. The third kappa shape index (κ3) is 4.89. The quantitative estimate of drug-likeness (QED) is 0.263. The van der Waals surface area contributed by atoms with Gasteiger partial charge in [-0.25, -0.2) is 13.9 Å². The molecule has 1 atom stereocenters. The maximum Gasteiger partial charge on any atom is 0.434 e. The first-order valence-electron chi connectivity index (χ1n) is 6.72. The van der Waals surface area contributed by atoms with Gasteiger partial charge in [-0.15, -0.1) is 23.2 Å². The first-order chi connectivity index (χ1) is 10.8. The van der Waals surface area contributed by atoms with Gasteiger partial charge in [-0.1, -0.05) is 4.98 Å². The number of hydrogen-bond donors (Lipinski definition) is 0. The summed E-state index contributed by atoms with van der Waals surface area (Å²) >= 11 is 11.5. The molecule has 12 heteroatoms. The van der Waals surface area contributed by atoms with Crippen LogP contribution in [-0.2, 0) is 22.7 Å². The van der Waals surface area contributed by atoms with Crippen molar-refractivity contribution in [2.24, 2.45) is 7.05 Å². The molecular weight excluding hydrogens is 368 g/mol. The summed E-state index contributed by atoms with van der Waals surface area (Å²) < 4.78 is 23.1. The molecule has 0 amide bonds. The van der Waals surface area contributed by atoms with E-state index in [4.69, 9.17) is 27.7 Å². The van der Waals surface area contributed by atoms with Crippen LogP contribution in [0.3, 0.4) is 0 Å². The fourth-order valence-electron chi connectivity index (χ4n) is 1.90. The Hall–Kier alpha value is -0.700. The maximum atomic E-state index is 13.2. The van der Waals surface area contributed by atoms with Crippen molar-refractivity contribution in [2.45, 2.75) is 6.61 Å². The smallest absolute Gasteiger partial charge is 0.390 e. The minimum atomic E-state index is -3.35. The van der Waals surface area contributed by atoms with Gasteiger partial charge in [-0.05, 0) is 19.0 Å². The fourth-order valence-corrected chi connectivity index (χ4v) is 4.45. The number of nitro groups is 1. The summed E-state index contributed by atoms with van der Waals surface area (Å²) in [6.07, 6.45) is 1.32. The highest BCUT2D eigenvalue weighted by Gasteiger charge is 2.35. The highest BCUT2D eigenvalue weighted by Crippen LogP contribution is 2.53. The zero-order chi connectivity index (χ0) is 17.6. The number of halogens is 2. The van der Waals surface area contributed by atoms with Gasteiger partial charge in [0, 0.05) is 24.8 Å². The number of rotatable bonds is 10. The predicted octanol–water partition coefficient (Wildman–Crippen LogP) is 2.29.